The van der Waals surface area contributed by atoms with Crippen LogP contribution in [-0.4, -0.2) is 26.9 Å². The lowest BCUT2D eigenvalue weighted by Crippen LogP contribution is -2.39. The summed E-state index contributed by atoms with van der Waals surface area (Å²) in [6, 6.07) is 20.8. The molecule has 1 atom stereocenters. The maximum atomic E-state index is 13.9. The minimum absolute atomic E-state index is 0.0376. The van der Waals surface area contributed by atoms with Gasteiger partial charge in [-0.1, -0.05) is 56.2 Å². The van der Waals surface area contributed by atoms with Crippen molar-refractivity contribution in [1.29, 1.82) is 0 Å². The van der Waals surface area contributed by atoms with E-state index < -0.39 is 0 Å². The molecule has 0 saturated carbocycles. The number of amides is 1. The van der Waals surface area contributed by atoms with Gasteiger partial charge >= 0.3 is 0 Å². The Balaban J connectivity index is 1.95. The summed E-state index contributed by atoms with van der Waals surface area (Å²) >= 11 is 0. The van der Waals surface area contributed by atoms with Gasteiger partial charge in [-0.15, -0.1) is 0 Å². The van der Waals surface area contributed by atoms with Crippen LogP contribution in [0.4, 0.5) is 0 Å². The van der Waals surface area contributed by atoms with Crippen LogP contribution in [0.2, 0.25) is 0 Å². The quantitative estimate of drug-likeness (QED) is 0.281. The molecular weight excluding hydrogens is 446 g/mol. The molecule has 0 aliphatic carbocycles. The third kappa shape index (κ3) is 4.97. The van der Waals surface area contributed by atoms with Gasteiger partial charge in [-0.25, -0.2) is 4.98 Å². The van der Waals surface area contributed by atoms with E-state index in [0.717, 1.165) is 35.2 Å². The first-order chi connectivity index (χ1) is 17.3. The molecule has 1 heterocycles. The number of para-hydroxylation sites is 1. The van der Waals surface area contributed by atoms with E-state index in [1.54, 1.807) is 4.57 Å². The van der Waals surface area contributed by atoms with Gasteiger partial charge in [0.25, 0.3) is 11.5 Å². The fourth-order valence-corrected chi connectivity index (χ4v) is 4.62. The fourth-order valence-electron chi connectivity index (χ4n) is 4.62. The molecule has 0 spiro atoms. The minimum atomic E-state index is -0.357. The molecule has 0 bridgehead atoms. The Hall–Kier alpha value is -3.73. The van der Waals surface area contributed by atoms with Gasteiger partial charge in [0.05, 0.1) is 22.6 Å². The predicted molar refractivity (Wildman–Crippen MR) is 147 cm³/mol. The normalized spacial score (nSPS) is 12.0. The van der Waals surface area contributed by atoms with Crippen molar-refractivity contribution in [2.75, 3.05) is 6.54 Å². The summed E-state index contributed by atoms with van der Waals surface area (Å²) < 4.78 is 1.71. The molecule has 1 amide bonds. The van der Waals surface area contributed by atoms with Crippen LogP contribution in [0.3, 0.4) is 0 Å². The molecule has 1 unspecified atom stereocenters. The lowest BCUT2D eigenvalue weighted by Gasteiger charge is -2.32. The molecule has 0 fully saturated rings. The number of hydrogen-bond donors (Lipinski definition) is 0. The summed E-state index contributed by atoms with van der Waals surface area (Å²) in [6.07, 6.45) is 2.47. The Labute approximate surface area is 213 Å². The average Bonchev–Trinajstić information content (AvgIpc) is 2.88. The lowest BCUT2D eigenvalue weighted by atomic mass is 10.1. The molecule has 4 aromatic rings. The van der Waals surface area contributed by atoms with E-state index in [4.69, 9.17) is 4.98 Å². The summed E-state index contributed by atoms with van der Waals surface area (Å²) in [5.41, 5.74) is 5.32. The van der Waals surface area contributed by atoms with Gasteiger partial charge in [0.2, 0.25) is 0 Å². The average molecular weight is 482 g/mol. The van der Waals surface area contributed by atoms with Gasteiger partial charge in [0.15, 0.2) is 0 Å². The van der Waals surface area contributed by atoms with Gasteiger partial charge < -0.3 is 4.90 Å². The van der Waals surface area contributed by atoms with Crippen molar-refractivity contribution in [3.8, 4) is 5.69 Å². The first-order valence-electron chi connectivity index (χ1n) is 12.8. The second-order valence-electron chi connectivity index (χ2n) is 9.54. The van der Waals surface area contributed by atoms with Crippen molar-refractivity contribution in [2.45, 2.75) is 59.9 Å². The lowest BCUT2D eigenvalue weighted by molar-refractivity contribution is 0.0656. The maximum absolute atomic E-state index is 13.9. The molecule has 5 nitrogen and oxygen atoms in total. The Morgan fingerprint density at radius 2 is 1.67 bits per heavy atom. The molecule has 0 aliphatic heterocycles. The predicted octanol–water partition coefficient (Wildman–Crippen LogP) is 6.70. The summed E-state index contributed by atoms with van der Waals surface area (Å²) in [5, 5.41) is 0.569. The van der Waals surface area contributed by atoms with E-state index in [9.17, 15) is 9.59 Å². The number of hydrogen-bond acceptors (Lipinski definition) is 3. The third-order valence-corrected chi connectivity index (χ3v) is 6.92. The van der Waals surface area contributed by atoms with Crippen molar-refractivity contribution in [2.24, 2.45) is 0 Å². The Morgan fingerprint density at radius 1 is 0.944 bits per heavy atom. The number of unbranched alkanes of at least 4 members (excludes halogenated alkanes) is 1. The number of nitrogens with zero attached hydrogens (tertiary/aromatic N) is 3. The Bertz CT molecular complexity index is 1440. The second kappa shape index (κ2) is 10.9. The first kappa shape index (κ1) is 25.4. The Morgan fingerprint density at radius 3 is 2.33 bits per heavy atom. The van der Waals surface area contributed by atoms with Gasteiger partial charge in [-0.05, 0) is 81.1 Å². The van der Waals surface area contributed by atoms with E-state index in [-0.39, 0.29) is 17.5 Å². The highest BCUT2D eigenvalue weighted by molar-refractivity contribution is 5.94. The van der Waals surface area contributed by atoms with Gasteiger partial charge in [-0.2, -0.15) is 0 Å². The van der Waals surface area contributed by atoms with Crippen LogP contribution in [0.25, 0.3) is 16.6 Å². The highest BCUT2D eigenvalue weighted by atomic mass is 16.2. The zero-order valence-corrected chi connectivity index (χ0v) is 21.9. The smallest absolute Gasteiger partial charge is 0.266 e. The standard InChI is InChI=1S/C31H35N3O2/c1-6-8-19-33(30(35)24-16-13-21(3)14-17-24)28(7-2)29-32-27-12-10-9-11-26(27)31(36)34(29)25-18-15-22(4)23(5)20-25/h9-18,20,28H,6-8,19H2,1-5H3. The van der Waals surface area contributed by atoms with Crippen molar-refractivity contribution in [1.82, 2.24) is 14.5 Å². The number of rotatable bonds is 8. The molecule has 4 rings (SSSR count). The number of aryl methyl sites for hydroxylation is 3. The van der Waals surface area contributed by atoms with Crippen LogP contribution in [0.5, 0.6) is 0 Å². The zero-order chi connectivity index (χ0) is 25.8. The van der Waals surface area contributed by atoms with Crippen molar-refractivity contribution in [3.05, 3.63) is 105 Å². The van der Waals surface area contributed by atoms with Crippen LogP contribution < -0.4 is 5.56 Å². The van der Waals surface area contributed by atoms with Gasteiger partial charge in [0.1, 0.15) is 5.82 Å². The molecule has 5 heteroatoms. The molecule has 186 valence electrons. The van der Waals surface area contributed by atoms with Crippen LogP contribution in [0, 0.1) is 20.8 Å². The van der Waals surface area contributed by atoms with E-state index in [0.29, 0.717) is 35.3 Å². The van der Waals surface area contributed by atoms with E-state index in [1.807, 2.05) is 85.5 Å². The largest absolute Gasteiger partial charge is 0.328 e. The molecule has 0 N–H and O–H groups in total. The van der Waals surface area contributed by atoms with Crippen LogP contribution in [-0.2, 0) is 0 Å². The van der Waals surface area contributed by atoms with Gasteiger partial charge in [-0.3, -0.25) is 14.2 Å². The molecule has 1 aromatic heterocycles. The van der Waals surface area contributed by atoms with Crippen molar-refractivity contribution < 1.29 is 4.79 Å². The zero-order valence-electron chi connectivity index (χ0n) is 21.9. The SMILES string of the molecule is CCCCN(C(=O)c1ccc(C)cc1)C(CC)c1nc2ccccc2c(=O)n1-c1ccc(C)c(C)c1. The fraction of sp³-hybridized carbons (Fsp3) is 0.323. The van der Waals surface area contributed by atoms with Crippen molar-refractivity contribution in [3.63, 3.8) is 0 Å². The van der Waals surface area contributed by atoms with Crippen molar-refractivity contribution >= 4 is 16.8 Å². The van der Waals surface area contributed by atoms with E-state index in [2.05, 4.69) is 20.8 Å². The number of benzene rings is 3. The summed E-state index contributed by atoms with van der Waals surface area (Å²) in [4.78, 5) is 34.7. The number of fused-ring (bicyclic) bond motifs is 1. The molecular formula is C31H35N3O2. The molecule has 0 radical (unpaired) electrons. The summed E-state index contributed by atoms with van der Waals surface area (Å²) in [5.74, 6) is 0.561. The van der Waals surface area contributed by atoms with Crippen LogP contribution in [0.1, 0.15) is 72.0 Å². The maximum Gasteiger partial charge on any atom is 0.266 e. The summed E-state index contributed by atoms with van der Waals surface area (Å²) in [6.45, 7) is 10.9. The second-order valence-corrected chi connectivity index (χ2v) is 9.54. The topological polar surface area (TPSA) is 55.2 Å². The molecule has 3 aromatic carbocycles. The van der Waals surface area contributed by atoms with E-state index >= 15 is 0 Å². The van der Waals surface area contributed by atoms with Crippen LogP contribution >= 0.6 is 0 Å². The van der Waals surface area contributed by atoms with Crippen LogP contribution in [0.15, 0.2) is 71.5 Å². The van der Waals surface area contributed by atoms with E-state index in [1.165, 1.54) is 0 Å². The number of aromatic nitrogens is 2. The van der Waals surface area contributed by atoms with Gasteiger partial charge in [0, 0.05) is 12.1 Å². The Kier molecular flexibility index (Phi) is 7.68. The third-order valence-electron chi connectivity index (χ3n) is 6.92. The molecule has 0 saturated heterocycles. The highest BCUT2D eigenvalue weighted by Gasteiger charge is 2.29. The highest BCUT2D eigenvalue weighted by Crippen LogP contribution is 2.28. The minimum Gasteiger partial charge on any atom is -0.328 e. The first-order valence-corrected chi connectivity index (χ1v) is 12.8. The number of carbonyl (C=O) groups is 1. The molecule has 0 aliphatic rings. The monoisotopic (exact) mass is 481 g/mol. The summed E-state index contributed by atoms with van der Waals surface area (Å²) in [7, 11) is 0. The molecule has 36 heavy (non-hydrogen) atoms. The number of carbonyl (C=O) groups excluding carboxylic acids is 1.